The number of aliphatic hydroxyl groups excluding tert-OH is 2. The minimum absolute atomic E-state index is 0.0351. The van der Waals surface area contributed by atoms with Crippen molar-refractivity contribution in [3.8, 4) is 11.5 Å². The molecule has 0 fully saturated rings. The molecule has 0 radical (unpaired) electrons. The molecule has 1 aromatic rings. The molecule has 0 saturated heterocycles. The standard InChI is InChI=1S/C19H22O9S/c1-27-19-6-3-12(9-18(19)23)15(20)5-4-14-16(21)10-13(11-17(14)22)28-7-2-8-29(24,25)26/h3-6,9-11,14,16,21-23H,2,7-8H2,1H3,(H,24,25,26). The predicted molar refractivity (Wildman–Crippen MR) is 103 cm³/mol. The van der Waals surface area contributed by atoms with E-state index in [4.69, 9.17) is 14.0 Å². The van der Waals surface area contributed by atoms with Crippen LogP contribution in [0.2, 0.25) is 0 Å². The molecular formula is C19H22O9S. The van der Waals surface area contributed by atoms with Crippen LogP contribution in [-0.4, -0.2) is 59.6 Å². The minimum atomic E-state index is -4.08. The summed E-state index contributed by atoms with van der Waals surface area (Å²) in [7, 11) is -2.69. The van der Waals surface area contributed by atoms with Gasteiger partial charge in [0.15, 0.2) is 17.3 Å². The Labute approximate surface area is 168 Å². The number of hydrogen-bond acceptors (Lipinski definition) is 8. The summed E-state index contributed by atoms with van der Waals surface area (Å²) in [6.45, 7) is -0.0396. The van der Waals surface area contributed by atoms with Gasteiger partial charge in [0.05, 0.1) is 31.5 Å². The molecule has 29 heavy (non-hydrogen) atoms. The lowest BCUT2D eigenvalue weighted by molar-refractivity contribution is 0.104. The quantitative estimate of drug-likeness (QED) is 0.200. The highest BCUT2D eigenvalue weighted by Crippen LogP contribution is 2.27. The Morgan fingerprint density at radius 3 is 2.59 bits per heavy atom. The third-order valence-electron chi connectivity index (χ3n) is 4.07. The van der Waals surface area contributed by atoms with E-state index in [-0.39, 0.29) is 41.6 Å². The molecule has 0 aromatic heterocycles. The zero-order valence-electron chi connectivity index (χ0n) is 15.6. The number of ketones is 1. The number of ether oxygens (including phenoxy) is 2. The Balaban J connectivity index is 1.98. The summed E-state index contributed by atoms with van der Waals surface area (Å²) >= 11 is 0. The van der Waals surface area contributed by atoms with Crippen LogP contribution in [0.1, 0.15) is 16.8 Å². The Bertz CT molecular complexity index is 944. The van der Waals surface area contributed by atoms with E-state index >= 15 is 0 Å². The first-order valence-corrected chi connectivity index (χ1v) is 10.2. The van der Waals surface area contributed by atoms with E-state index in [9.17, 15) is 28.5 Å². The highest BCUT2D eigenvalue weighted by molar-refractivity contribution is 7.85. The van der Waals surface area contributed by atoms with Gasteiger partial charge in [-0.25, -0.2) is 0 Å². The highest BCUT2D eigenvalue weighted by Gasteiger charge is 2.25. The monoisotopic (exact) mass is 426 g/mol. The first-order valence-electron chi connectivity index (χ1n) is 8.58. The zero-order valence-corrected chi connectivity index (χ0v) is 16.4. The molecule has 0 spiro atoms. The molecule has 0 saturated carbocycles. The van der Waals surface area contributed by atoms with Crippen LogP contribution in [0.25, 0.3) is 0 Å². The van der Waals surface area contributed by atoms with Gasteiger partial charge in [0, 0.05) is 11.6 Å². The average Bonchev–Trinajstić information content (AvgIpc) is 2.63. The van der Waals surface area contributed by atoms with Crippen molar-refractivity contribution < 1.29 is 42.6 Å². The molecule has 0 amide bonds. The van der Waals surface area contributed by atoms with Gasteiger partial charge in [-0.1, -0.05) is 6.08 Å². The van der Waals surface area contributed by atoms with Gasteiger partial charge in [0.1, 0.15) is 11.5 Å². The molecule has 1 aliphatic carbocycles. The number of hydrogen-bond donors (Lipinski definition) is 4. The maximum Gasteiger partial charge on any atom is 0.264 e. The maximum atomic E-state index is 12.2. The number of phenolic OH excluding ortho intramolecular Hbond substituents is 1. The minimum Gasteiger partial charge on any atom is -0.511 e. The smallest absolute Gasteiger partial charge is 0.264 e. The number of carbonyl (C=O) groups is 1. The molecule has 1 aliphatic rings. The Morgan fingerprint density at radius 2 is 2.00 bits per heavy atom. The molecular weight excluding hydrogens is 404 g/mol. The van der Waals surface area contributed by atoms with Crippen LogP contribution >= 0.6 is 0 Å². The fraction of sp³-hybridized carbons (Fsp3) is 0.316. The fourth-order valence-electron chi connectivity index (χ4n) is 2.60. The molecule has 10 heteroatoms. The Kier molecular flexibility index (Phi) is 7.43. The molecule has 2 unspecified atom stereocenters. The molecule has 1 aromatic carbocycles. The molecule has 0 heterocycles. The Morgan fingerprint density at radius 1 is 1.28 bits per heavy atom. The molecule has 2 rings (SSSR count). The molecule has 0 bridgehead atoms. The van der Waals surface area contributed by atoms with Crippen LogP contribution in [0.15, 0.2) is 54.0 Å². The van der Waals surface area contributed by atoms with E-state index in [1.807, 2.05) is 0 Å². The van der Waals surface area contributed by atoms with E-state index in [0.29, 0.717) is 0 Å². The second kappa shape index (κ2) is 9.59. The van der Waals surface area contributed by atoms with Gasteiger partial charge in [-0.2, -0.15) is 8.42 Å². The maximum absolute atomic E-state index is 12.2. The van der Waals surface area contributed by atoms with Gasteiger partial charge >= 0.3 is 0 Å². The van der Waals surface area contributed by atoms with Gasteiger partial charge in [0.2, 0.25) is 0 Å². The number of aliphatic hydroxyl groups is 2. The number of aromatic hydroxyl groups is 1. The van der Waals surface area contributed by atoms with Crippen molar-refractivity contribution in [2.24, 2.45) is 5.92 Å². The van der Waals surface area contributed by atoms with Gasteiger partial charge in [0.25, 0.3) is 10.1 Å². The van der Waals surface area contributed by atoms with Crippen molar-refractivity contribution in [2.45, 2.75) is 12.5 Å². The molecule has 158 valence electrons. The lowest BCUT2D eigenvalue weighted by atomic mass is 9.93. The molecule has 2 atom stereocenters. The van der Waals surface area contributed by atoms with E-state index < -0.39 is 33.7 Å². The summed E-state index contributed by atoms with van der Waals surface area (Å²) in [6, 6.07) is 4.16. The van der Waals surface area contributed by atoms with Crippen molar-refractivity contribution in [1.29, 1.82) is 0 Å². The van der Waals surface area contributed by atoms with Crippen molar-refractivity contribution in [1.82, 2.24) is 0 Å². The summed E-state index contributed by atoms with van der Waals surface area (Å²) in [5.41, 5.74) is 0.201. The third-order valence-corrected chi connectivity index (χ3v) is 4.87. The van der Waals surface area contributed by atoms with Crippen molar-refractivity contribution in [3.63, 3.8) is 0 Å². The van der Waals surface area contributed by atoms with Crippen LogP contribution in [0.5, 0.6) is 11.5 Å². The van der Waals surface area contributed by atoms with Crippen LogP contribution in [0.4, 0.5) is 0 Å². The van der Waals surface area contributed by atoms with Gasteiger partial charge < -0.3 is 24.8 Å². The second-order valence-electron chi connectivity index (χ2n) is 6.25. The molecule has 0 aliphatic heterocycles. The average molecular weight is 426 g/mol. The van der Waals surface area contributed by atoms with Crippen LogP contribution in [0.3, 0.4) is 0 Å². The SMILES string of the molecule is COc1ccc(C(=O)C=CC2C(O)=CC(OCCCS(=O)(=O)O)=CC2O)cc1O. The van der Waals surface area contributed by atoms with E-state index in [1.165, 1.54) is 49.6 Å². The van der Waals surface area contributed by atoms with Gasteiger partial charge in [-0.3, -0.25) is 9.35 Å². The van der Waals surface area contributed by atoms with Crippen molar-refractivity contribution >= 4 is 15.9 Å². The first kappa shape index (κ1) is 22.5. The molecule has 9 nitrogen and oxygen atoms in total. The second-order valence-corrected chi connectivity index (χ2v) is 7.82. The largest absolute Gasteiger partial charge is 0.511 e. The highest BCUT2D eigenvalue weighted by atomic mass is 32.2. The van der Waals surface area contributed by atoms with E-state index in [2.05, 4.69) is 0 Å². The van der Waals surface area contributed by atoms with Crippen LogP contribution in [-0.2, 0) is 14.9 Å². The van der Waals surface area contributed by atoms with E-state index in [1.54, 1.807) is 0 Å². The topological polar surface area (TPSA) is 151 Å². The van der Waals surface area contributed by atoms with Crippen LogP contribution in [0, 0.1) is 5.92 Å². The van der Waals surface area contributed by atoms with Crippen LogP contribution < -0.4 is 4.74 Å². The summed E-state index contributed by atoms with van der Waals surface area (Å²) < 4.78 is 40.1. The van der Waals surface area contributed by atoms with Gasteiger partial charge in [-0.15, -0.1) is 0 Å². The summed E-state index contributed by atoms with van der Waals surface area (Å²) in [4.78, 5) is 12.2. The summed E-state index contributed by atoms with van der Waals surface area (Å²) in [6.07, 6.45) is 3.92. The number of phenols is 1. The lowest BCUT2D eigenvalue weighted by Crippen LogP contribution is -2.23. The number of methoxy groups -OCH3 is 1. The van der Waals surface area contributed by atoms with E-state index in [0.717, 1.165) is 0 Å². The molecule has 4 N–H and O–H groups in total. The number of benzene rings is 1. The normalized spacial score (nSPS) is 19.6. The van der Waals surface area contributed by atoms with Gasteiger partial charge in [-0.05, 0) is 36.8 Å². The van der Waals surface area contributed by atoms with Crippen molar-refractivity contribution in [2.75, 3.05) is 19.5 Å². The zero-order chi connectivity index (χ0) is 21.6. The third kappa shape index (κ3) is 6.63. The fourth-order valence-corrected chi connectivity index (χ4v) is 3.08. The Hall–Kier alpha value is -2.82. The summed E-state index contributed by atoms with van der Waals surface area (Å²) in [5, 5.41) is 30.0. The predicted octanol–water partition coefficient (Wildman–Crippen LogP) is 1.75. The lowest BCUT2D eigenvalue weighted by Gasteiger charge is -2.22. The number of rotatable bonds is 9. The first-order chi connectivity index (χ1) is 13.6. The number of carbonyl (C=O) groups excluding carboxylic acids is 1. The number of allylic oxidation sites excluding steroid dienone is 2. The van der Waals surface area contributed by atoms with Crippen molar-refractivity contribution in [3.05, 3.63) is 59.6 Å². The summed E-state index contributed by atoms with van der Waals surface area (Å²) in [5.74, 6) is -1.86.